The molecule has 0 radical (unpaired) electrons. The van der Waals surface area contributed by atoms with Crippen molar-refractivity contribution in [1.82, 2.24) is 14.5 Å². The minimum atomic E-state index is -0.274. The van der Waals surface area contributed by atoms with E-state index in [1.165, 1.54) is 22.7 Å². The van der Waals surface area contributed by atoms with Crippen LogP contribution in [0.15, 0.2) is 70.6 Å². The fraction of sp³-hybridized carbons (Fsp3) is 0.217. The van der Waals surface area contributed by atoms with Crippen molar-refractivity contribution in [2.45, 2.75) is 30.8 Å². The van der Waals surface area contributed by atoms with E-state index in [9.17, 15) is 14.4 Å². The highest BCUT2D eigenvalue weighted by Crippen LogP contribution is 2.23. The Morgan fingerprint density at radius 3 is 2.17 bits per heavy atom. The fourth-order valence-electron chi connectivity index (χ4n) is 3.46. The maximum absolute atomic E-state index is 12.6. The van der Waals surface area contributed by atoms with E-state index in [-0.39, 0.29) is 23.9 Å². The molecule has 7 heteroatoms. The SMILES string of the molecule is Cc1cc(=O)n(CCCN2C(=O)c3ccccc3C2=O)c(SCc2ccccc2)n1. The van der Waals surface area contributed by atoms with E-state index in [0.717, 1.165) is 5.56 Å². The highest BCUT2D eigenvalue weighted by Gasteiger charge is 2.34. The Balaban J connectivity index is 1.45. The Kier molecular flexibility index (Phi) is 5.81. The summed E-state index contributed by atoms with van der Waals surface area (Å²) in [5, 5.41) is 0.645. The van der Waals surface area contributed by atoms with Gasteiger partial charge in [0.2, 0.25) is 0 Å². The van der Waals surface area contributed by atoms with E-state index < -0.39 is 0 Å². The number of carbonyl (C=O) groups excluding carboxylic acids is 2. The molecule has 0 N–H and O–H groups in total. The second-order valence-electron chi connectivity index (χ2n) is 7.11. The maximum Gasteiger partial charge on any atom is 0.261 e. The van der Waals surface area contributed by atoms with E-state index in [1.54, 1.807) is 35.8 Å². The lowest BCUT2D eigenvalue weighted by molar-refractivity contribution is 0.0650. The second-order valence-corrected chi connectivity index (χ2v) is 8.05. The van der Waals surface area contributed by atoms with E-state index in [0.29, 0.717) is 40.7 Å². The molecule has 0 atom stereocenters. The number of hydrogen-bond acceptors (Lipinski definition) is 5. The van der Waals surface area contributed by atoms with Crippen molar-refractivity contribution in [1.29, 1.82) is 0 Å². The van der Waals surface area contributed by atoms with Crippen LogP contribution in [0.4, 0.5) is 0 Å². The first kappa shape index (κ1) is 20.1. The number of thioether (sulfide) groups is 1. The minimum Gasteiger partial charge on any atom is -0.288 e. The van der Waals surface area contributed by atoms with E-state index in [4.69, 9.17) is 0 Å². The molecule has 152 valence electrons. The van der Waals surface area contributed by atoms with Gasteiger partial charge in [0.15, 0.2) is 5.16 Å². The Bertz CT molecular complexity index is 1120. The zero-order valence-electron chi connectivity index (χ0n) is 16.6. The molecule has 4 rings (SSSR count). The molecule has 1 aromatic heterocycles. The number of amides is 2. The van der Waals surface area contributed by atoms with Gasteiger partial charge in [-0.3, -0.25) is 23.9 Å². The molecule has 0 fully saturated rings. The van der Waals surface area contributed by atoms with Gasteiger partial charge in [-0.25, -0.2) is 4.98 Å². The molecule has 1 aliphatic heterocycles. The standard InChI is InChI=1S/C23H21N3O3S/c1-16-14-20(27)25(23(24-16)30-15-17-8-3-2-4-9-17)12-7-13-26-21(28)18-10-5-6-11-19(18)22(26)29/h2-6,8-11,14H,7,12-13,15H2,1H3. The molecule has 3 aromatic rings. The molecule has 0 unspecified atom stereocenters. The van der Waals surface area contributed by atoms with Crippen molar-refractivity contribution in [3.8, 4) is 0 Å². The summed E-state index contributed by atoms with van der Waals surface area (Å²) in [7, 11) is 0. The van der Waals surface area contributed by atoms with Crippen molar-refractivity contribution in [2.75, 3.05) is 6.54 Å². The average molecular weight is 420 g/mol. The summed E-state index contributed by atoms with van der Waals surface area (Å²) in [5.41, 5.74) is 2.58. The number of aromatic nitrogens is 2. The van der Waals surface area contributed by atoms with E-state index >= 15 is 0 Å². The van der Waals surface area contributed by atoms with Crippen LogP contribution in [0.5, 0.6) is 0 Å². The first-order valence-corrected chi connectivity index (χ1v) is 10.7. The van der Waals surface area contributed by atoms with Gasteiger partial charge in [0, 0.05) is 30.6 Å². The Labute approximate surface area is 178 Å². The summed E-state index contributed by atoms with van der Waals surface area (Å²) >= 11 is 1.51. The van der Waals surface area contributed by atoms with Gasteiger partial charge in [-0.1, -0.05) is 54.2 Å². The maximum atomic E-state index is 12.6. The van der Waals surface area contributed by atoms with Crippen molar-refractivity contribution >= 4 is 23.6 Å². The molecule has 6 nitrogen and oxygen atoms in total. The second kappa shape index (κ2) is 8.67. The van der Waals surface area contributed by atoms with Gasteiger partial charge in [-0.15, -0.1) is 0 Å². The van der Waals surface area contributed by atoms with E-state index in [2.05, 4.69) is 4.98 Å². The largest absolute Gasteiger partial charge is 0.288 e. The lowest BCUT2D eigenvalue weighted by atomic mass is 10.1. The predicted molar refractivity (Wildman–Crippen MR) is 116 cm³/mol. The van der Waals surface area contributed by atoms with Gasteiger partial charge in [0.1, 0.15) is 0 Å². The normalized spacial score (nSPS) is 13.0. The van der Waals surface area contributed by atoms with Crippen LogP contribution in [-0.2, 0) is 12.3 Å². The van der Waals surface area contributed by atoms with Crippen LogP contribution in [-0.4, -0.2) is 32.8 Å². The minimum absolute atomic E-state index is 0.125. The molecule has 0 spiro atoms. The number of carbonyl (C=O) groups is 2. The van der Waals surface area contributed by atoms with Gasteiger partial charge in [0.25, 0.3) is 17.4 Å². The quantitative estimate of drug-likeness (QED) is 0.333. The zero-order valence-corrected chi connectivity index (χ0v) is 17.4. The Morgan fingerprint density at radius 2 is 1.50 bits per heavy atom. The molecule has 30 heavy (non-hydrogen) atoms. The van der Waals surface area contributed by atoms with Gasteiger partial charge in [-0.2, -0.15) is 0 Å². The van der Waals surface area contributed by atoms with Crippen molar-refractivity contribution < 1.29 is 9.59 Å². The number of imide groups is 1. The number of aryl methyl sites for hydroxylation is 1. The molecule has 2 heterocycles. The third kappa shape index (κ3) is 4.07. The summed E-state index contributed by atoms with van der Waals surface area (Å²) in [5.74, 6) is 0.155. The Morgan fingerprint density at radius 1 is 0.867 bits per heavy atom. The van der Waals surface area contributed by atoms with Crippen LogP contribution in [0, 0.1) is 6.92 Å². The summed E-state index contributed by atoms with van der Waals surface area (Å²) < 4.78 is 1.62. The number of fused-ring (bicyclic) bond motifs is 1. The summed E-state index contributed by atoms with van der Waals surface area (Å²) in [6.07, 6.45) is 0.481. The molecule has 2 amide bonds. The van der Waals surface area contributed by atoms with Crippen LogP contribution in [0.25, 0.3) is 0 Å². The van der Waals surface area contributed by atoms with Gasteiger partial charge < -0.3 is 0 Å². The topological polar surface area (TPSA) is 72.3 Å². The van der Waals surface area contributed by atoms with Crippen molar-refractivity contribution in [3.05, 3.63) is 93.4 Å². The van der Waals surface area contributed by atoms with Crippen LogP contribution in [0.2, 0.25) is 0 Å². The third-order valence-corrected chi connectivity index (χ3v) is 6.00. The number of hydrogen-bond donors (Lipinski definition) is 0. The lowest BCUT2D eigenvalue weighted by Crippen LogP contribution is -2.32. The van der Waals surface area contributed by atoms with E-state index in [1.807, 2.05) is 30.3 Å². The highest BCUT2D eigenvalue weighted by atomic mass is 32.2. The van der Waals surface area contributed by atoms with Crippen molar-refractivity contribution in [3.63, 3.8) is 0 Å². The zero-order chi connectivity index (χ0) is 21.1. The predicted octanol–water partition coefficient (Wildman–Crippen LogP) is 3.53. The molecule has 1 aliphatic rings. The van der Waals surface area contributed by atoms with Gasteiger partial charge in [0.05, 0.1) is 11.1 Å². The van der Waals surface area contributed by atoms with Gasteiger partial charge in [-0.05, 0) is 31.0 Å². The van der Waals surface area contributed by atoms with Crippen LogP contribution < -0.4 is 5.56 Å². The lowest BCUT2D eigenvalue weighted by Gasteiger charge is -2.16. The third-order valence-electron chi connectivity index (χ3n) is 4.95. The summed E-state index contributed by atoms with van der Waals surface area (Å²) in [6.45, 7) is 2.45. The smallest absolute Gasteiger partial charge is 0.261 e. The number of benzene rings is 2. The van der Waals surface area contributed by atoms with Crippen molar-refractivity contribution in [2.24, 2.45) is 0 Å². The first-order chi connectivity index (χ1) is 14.5. The van der Waals surface area contributed by atoms with Gasteiger partial charge >= 0.3 is 0 Å². The molecular weight excluding hydrogens is 398 g/mol. The summed E-state index contributed by atoms with van der Waals surface area (Å²) in [4.78, 5) is 43.4. The fourth-order valence-corrected chi connectivity index (χ4v) is 4.50. The highest BCUT2D eigenvalue weighted by molar-refractivity contribution is 7.98. The van der Waals surface area contributed by atoms with Crippen LogP contribution in [0.1, 0.15) is 38.4 Å². The number of rotatable bonds is 7. The molecule has 2 aromatic carbocycles. The van der Waals surface area contributed by atoms with Crippen LogP contribution >= 0.6 is 11.8 Å². The Hall–Kier alpha value is -3.19. The molecule has 0 saturated heterocycles. The number of nitrogens with zero attached hydrogens (tertiary/aromatic N) is 3. The van der Waals surface area contributed by atoms with Crippen LogP contribution in [0.3, 0.4) is 0 Å². The monoisotopic (exact) mass is 419 g/mol. The molecular formula is C23H21N3O3S. The molecule has 0 aliphatic carbocycles. The average Bonchev–Trinajstić information content (AvgIpc) is 2.99. The summed E-state index contributed by atoms with van der Waals surface area (Å²) in [6, 6.07) is 18.3. The molecule has 0 saturated carbocycles. The first-order valence-electron chi connectivity index (χ1n) is 9.75. The molecule has 0 bridgehead atoms.